The van der Waals surface area contributed by atoms with Gasteiger partial charge >= 0.3 is 0 Å². The highest BCUT2D eigenvalue weighted by molar-refractivity contribution is 5.97. The van der Waals surface area contributed by atoms with Crippen LogP contribution in [0.4, 0.5) is 0 Å². The topological polar surface area (TPSA) is 75.4 Å². The fourth-order valence-electron chi connectivity index (χ4n) is 2.33. The summed E-state index contributed by atoms with van der Waals surface area (Å²) >= 11 is 0. The lowest BCUT2D eigenvalue weighted by Gasteiger charge is -2.07. The molecule has 0 spiro atoms. The Bertz CT molecular complexity index is 843. The highest BCUT2D eigenvalue weighted by Crippen LogP contribution is 2.25. The molecule has 0 fully saturated rings. The molecule has 3 rings (SSSR count). The zero-order valence-corrected chi connectivity index (χ0v) is 12.6. The third-order valence-electron chi connectivity index (χ3n) is 3.44. The van der Waals surface area contributed by atoms with Crippen LogP contribution >= 0.6 is 0 Å². The molecule has 0 aliphatic rings. The summed E-state index contributed by atoms with van der Waals surface area (Å²) in [5.41, 5.74) is 2.09. The minimum atomic E-state index is -0.298. The standard InChI is InChI=1S/C16H14N2O3.ClH/c1-10-17-12-4-2-3-5-13(12)18(10)9-16(21)11-6-7-14(19)15(20)8-11;/h2-8,19-20H,9H2,1H3;1H/p-1. The third kappa shape index (κ3) is 2.76. The van der Waals surface area contributed by atoms with Crippen molar-refractivity contribution >= 4 is 16.8 Å². The van der Waals surface area contributed by atoms with Gasteiger partial charge in [-0.15, -0.1) is 0 Å². The smallest absolute Gasteiger partial charge is 0.182 e. The largest absolute Gasteiger partial charge is 1.00 e. The minimum absolute atomic E-state index is 0. The van der Waals surface area contributed by atoms with Crippen molar-refractivity contribution < 1.29 is 27.4 Å². The second-order valence-electron chi connectivity index (χ2n) is 4.86. The first-order valence-corrected chi connectivity index (χ1v) is 6.53. The Morgan fingerprint density at radius 2 is 1.86 bits per heavy atom. The molecule has 0 aliphatic carbocycles. The number of aromatic hydroxyl groups is 2. The van der Waals surface area contributed by atoms with Crippen LogP contribution < -0.4 is 12.4 Å². The Kier molecular flexibility index (Phi) is 4.37. The molecule has 5 nitrogen and oxygen atoms in total. The quantitative estimate of drug-likeness (QED) is 0.511. The van der Waals surface area contributed by atoms with E-state index in [0.717, 1.165) is 16.9 Å². The van der Waals surface area contributed by atoms with E-state index in [0.29, 0.717) is 5.56 Å². The number of para-hydroxylation sites is 2. The Labute approximate surface area is 133 Å². The van der Waals surface area contributed by atoms with Crippen molar-refractivity contribution in [3.63, 3.8) is 0 Å². The fraction of sp³-hybridized carbons (Fsp3) is 0.125. The normalized spacial score (nSPS) is 10.4. The summed E-state index contributed by atoms with van der Waals surface area (Å²) in [6.45, 7) is 1.98. The van der Waals surface area contributed by atoms with E-state index in [2.05, 4.69) is 4.98 Å². The maximum absolute atomic E-state index is 12.3. The van der Waals surface area contributed by atoms with Crippen LogP contribution in [0.15, 0.2) is 42.5 Å². The number of fused-ring (bicyclic) bond motifs is 1. The van der Waals surface area contributed by atoms with Crippen LogP contribution in [0, 0.1) is 6.92 Å². The van der Waals surface area contributed by atoms with E-state index >= 15 is 0 Å². The van der Waals surface area contributed by atoms with Crippen molar-refractivity contribution in [3.8, 4) is 11.5 Å². The van der Waals surface area contributed by atoms with Gasteiger partial charge in [-0.25, -0.2) is 4.98 Å². The lowest BCUT2D eigenvalue weighted by molar-refractivity contribution is -0.0000139. The Morgan fingerprint density at radius 3 is 2.59 bits per heavy atom. The molecule has 1 heterocycles. The zero-order valence-electron chi connectivity index (χ0n) is 11.8. The number of carbonyl (C=O) groups is 1. The molecule has 2 aromatic carbocycles. The van der Waals surface area contributed by atoms with E-state index in [1.54, 1.807) is 0 Å². The molecule has 3 aromatic rings. The number of phenols is 2. The maximum atomic E-state index is 12.3. The highest BCUT2D eigenvalue weighted by Gasteiger charge is 2.13. The van der Waals surface area contributed by atoms with Crippen LogP contribution in [-0.2, 0) is 6.54 Å². The van der Waals surface area contributed by atoms with Crippen LogP contribution in [0.25, 0.3) is 11.0 Å². The number of Topliss-reactive ketones (excluding diaryl/α,β-unsaturated/α-hetero) is 1. The molecule has 22 heavy (non-hydrogen) atoms. The van der Waals surface area contributed by atoms with Crippen molar-refractivity contribution in [2.75, 3.05) is 0 Å². The van der Waals surface area contributed by atoms with Crippen LogP contribution in [0.3, 0.4) is 0 Å². The summed E-state index contributed by atoms with van der Waals surface area (Å²) in [6.07, 6.45) is 0. The van der Waals surface area contributed by atoms with Gasteiger partial charge in [0.1, 0.15) is 5.82 Å². The lowest BCUT2D eigenvalue weighted by Crippen LogP contribution is -3.00. The molecule has 0 saturated carbocycles. The minimum Gasteiger partial charge on any atom is -1.00 e. The lowest BCUT2D eigenvalue weighted by atomic mass is 10.1. The van der Waals surface area contributed by atoms with E-state index < -0.39 is 0 Å². The summed E-state index contributed by atoms with van der Waals surface area (Å²) in [7, 11) is 0. The monoisotopic (exact) mass is 317 g/mol. The molecular weight excluding hydrogens is 304 g/mol. The Morgan fingerprint density at radius 1 is 1.14 bits per heavy atom. The third-order valence-corrected chi connectivity index (χ3v) is 3.44. The van der Waals surface area contributed by atoms with E-state index in [1.807, 2.05) is 35.8 Å². The number of nitrogens with zero attached hydrogens (tertiary/aromatic N) is 2. The predicted octanol–water partition coefficient (Wildman–Crippen LogP) is -0.357. The summed E-state index contributed by atoms with van der Waals surface area (Å²) in [5, 5.41) is 18.8. The van der Waals surface area contributed by atoms with Gasteiger partial charge in [0.25, 0.3) is 0 Å². The zero-order chi connectivity index (χ0) is 15.0. The summed E-state index contributed by atoms with van der Waals surface area (Å²) in [4.78, 5) is 16.7. The number of carbonyl (C=O) groups excluding carboxylic acids is 1. The molecule has 1 aromatic heterocycles. The first-order chi connectivity index (χ1) is 10.1. The summed E-state index contributed by atoms with van der Waals surface area (Å²) < 4.78 is 1.83. The van der Waals surface area contributed by atoms with E-state index in [4.69, 9.17) is 0 Å². The number of aromatic nitrogens is 2. The van der Waals surface area contributed by atoms with Gasteiger partial charge in [0.2, 0.25) is 0 Å². The Hall–Kier alpha value is -2.53. The summed E-state index contributed by atoms with van der Waals surface area (Å²) in [5.74, 6) is 0.0629. The predicted molar refractivity (Wildman–Crippen MR) is 78.6 cm³/mol. The van der Waals surface area contributed by atoms with Crippen LogP contribution in [0.2, 0.25) is 0 Å². The van der Waals surface area contributed by atoms with Crippen LogP contribution in [0.1, 0.15) is 16.2 Å². The molecular formula is C16H14ClN2O3-. The number of hydrogen-bond acceptors (Lipinski definition) is 4. The number of phenolic OH excluding ortho intramolecular Hbond substituents is 2. The number of imidazole rings is 1. The van der Waals surface area contributed by atoms with Gasteiger partial charge in [0, 0.05) is 5.56 Å². The van der Waals surface area contributed by atoms with Crippen molar-refractivity contribution in [1.82, 2.24) is 9.55 Å². The number of halogens is 1. The van der Waals surface area contributed by atoms with Gasteiger partial charge in [-0.1, -0.05) is 12.1 Å². The fourth-order valence-corrected chi connectivity index (χ4v) is 2.33. The number of aryl methyl sites for hydroxylation is 1. The van der Waals surface area contributed by atoms with Gasteiger partial charge in [0.05, 0.1) is 17.6 Å². The number of hydrogen-bond donors (Lipinski definition) is 2. The molecule has 114 valence electrons. The average molecular weight is 318 g/mol. The van der Waals surface area contributed by atoms with Crippen molar-refractivity contribution in [2.45, 2.75) is 13.5 Å². The molecule has 6 heteroatoms. The van der Waals surface area contributed by atoms with E-state index in [9.17, 15) is 15.0 Å². The first kappa shape index (κ1) is 15.9. The molecule has 0 atom stereocenters. The number of benzene rings is 2. The van der Waals surface area contributed by atoms with Crippen molar-refractivity contribution in [1.29, 1.82) is 0 Å². The Balaban J connectivity index is 0.00000176. The van der Waals surface area contributed by atoms with Gasteiger partial charge < -0.3 is 27.2 Å². The summed E-state index contributed by atoms with van der Waals surface area (Å²) in [6, 6.07) is 11.7. The van der Waals surface area contributed by atoms with Gasteiger partial charge in [-0.2, -0.15) is 0 Å². The van der Waals surface area contributed by atoms with Gasteiger partial charge in [-0.3, -0.25) is 4.79 Å². The molecule has 2 N–H and O–H groups in total. The second kappa shape index (κ2) is 6.07. The maximum Gasteiger partial charge on any atom is 0.182 e. The second-order valence-corrected chi connectivity index (χ2v) is 4.86. The van der Waals surface area contributed by atoms with Crippen molar-refractivity contribution in [2.24, 2.45) is 0 Å². The SMILES string of the molecule is Cc1nc2ccccc2n1CC(=O)c1ccc(O)c(O)c1.[Cl-]. The van der Waals surface area contributed by atoms with Crippen molar-refractivity contribution in [3.05, 3.63) is 53.9 Å². The van der Waals surface area contributed by atoms with Crippen LogP contribution in [0.5, 0.6) is 11.5 Å². The number of ketones is 1. The molecule has 0 aliphatic heterocycles. The highest BCUT2D eigenvalue weighted by atomic mass is 35.5. The van der Waals surface area contributed by atoms with Crippen LogP contribution in [-0.4, -0.2) is 25.5 Å². The molecule has 0 radical (unpaired) electrons. The van der Waals surface area contributed by atoms with E-state index in [1.165, 1.54) is 18.2 Å². The average Bonchev–Trinajstić information content (AvgIpc) is 2.78. The first-order valence-electron chi connectivity index (χ1n) is 6.53. The molecule has 0 bridgehead atoms. The van der Waals surface area contributed by atoms with E-state index in [-0.39, 0.29) is 36.2 Å². The van der Waals surface area contributed by atoms with Gasteiger partial charge in [0.15, 0.2) is 17.3 Å². The van der Waals surface area contributed by atoms with Gasteiger partial charge in [-0.05, 0) is 37.3 Å². The molecule has 0 unspecified atom stereocenters. The molecule has 0 saturated heterocycles. The number of rotatable bonds is 3. The molecule has 0 amide bonds.